The molecule has 2 fully saturated rings. The largest absolute Gasteiger partial charge is 0.368 e. The third-order valence-corrected chi connectivity index (χ3v) is 3.77. The van der Waals surface area contributed by atoms with E-state index in [1.807, 2.05) is 50.3 Å². The van der Waals surface area contributed by atoms with Crippen LogP contribution in [0.15, 0.2) is 43.0 Å². The maximum absolute atomic E-state index is 6.08. The molecule has 2 heterocycles. The first-order valence-corrected chi connectivity index (χ1v) is 7.36. The second kappa shape index (κ2) is 5.89. The number of hydrogen-bond acceptors (Lipinski definition) is 4. The van der Waals surface area contributed by atoms with Gasteiger partial charge in [0.05, 0.1) is 12.7 Å². The lowest BCUT2D eigenvalue weighted by Crippen LogP contribution is -2.36. The number of benzene rings is 1. The van der Waals surface area contributed by atoms with Crippen LogP contribution >= 0.6 is 0 Å². The van der Waals surface area contributed by atoms with Crippen LogP contribution in [0.25, 0.3) is 0 Å². The molecule has 21 heavy (non-hydrogen) atoms. The second-order valence-electron chi connectivity index (χ2n) is 5.93. The van der Waals surface area contributed by atoms with E-state index in [0.29, 0.717) is 6.61 Å². The normalized spacial score (nSPS) is 33.8. The average Bonchev–Trinajstić information content (AvgIpc) is 2.90. The molecule has 4 nitrogen and oxygen atoms in total. The minimum atomic E-state index is -0.622. The van der Waals surface area contributed by atoms with Crippen molar-refractivity contribution in [1.82, 2.24) is 0 Å². The van der Waals surface area contributed by atoms with Gasteiger partial charge in [0.2, 0.25) is 0 Å². The smallest absolute Gasteiger partial charge is 0.190 e. The molecule has 1 aromatic carbocycles. The van der Waals surface area contributed by atoms with Gasteiger partial charge < -0.3 is 18.9 Å². The first-order valence-electron chi connectivity index (χ1n) is 7.36. The number of ether oxygens (including phenoxy) is 4. The predicted octanol–water partition coefficient (Wildman–Crippen LogP) is 3.02. The van der Waals surface area contributed by atoms with Gasteiger partial charge in [-0.2, -0.15) is 0 Å². The highest BCUT2D eigenvalue weighted by Gasteiger charge is 2.54. The zero-order valence-corrected chi connectivity index (χ0v) is 12.5. The summed E-state index contributed by atoms with van der Waals surface area (Å²) in [5, 5.41) is 0. The summed E-state index contributed by atoms with van der Waals surface area (Å²) < 4.78 is 23.7. The minimum absolute atomic E-state index is 0.0719. The fourth-order valence-electron chi connectivity index (χ4n) is 2.87. The monoisotopic (exact) mass is 290 g/mol. The summed E-state index contributed by atoms with van der Waals surface area (Å²) in [4.78, 5) is 0. The number of hydrogen-bond donors (Lipinski definition) is 0. The van der Waals surface area contributed by atoms with Crippen LogP contribution in [0.3, 0.4) is 0 Å². The summed E-state index contributed by atoms with van der Waals surface area (Å²) in [5.74, 6) is -0.622. The van der Waals surface area contributed by atoms with Crippen molar-refractivity contribution in [3.05, 3.63) is 48.6 Å². The van der Waals surface area contributed by atoms with Gasteiger partial charge in [0.15, 0.2) is 12.1 Å². The van der Waals surface area contributed by atoms with Gasteiger partial charge >= 0.3 is 0 Å². The quantitative estimate of drug-likeness (QED) is 0.781. The lowest BCUT2D eigenvalue weighted by Gasteiger charge is -2.25. The molecule has 0 spiro atoms. The van der Waals surface area contributed by atoms with Gasteiger partial charge in [-0.05, 0) is 25.8 Å². The van der Waals surface area contributed by atoms with Gasteiger partial charge in [-0.3, -0.25) is 0 Å². The SMILES string of the molecule is C=CCC1O[C@@H]2OC(C)(C)O[C@@H]2[C@H]1OCc1ccccc1. The number of rotatable bonds is 5. The highest BCUT2D eigenvalue weighted by Crippen LogP contribution is 2.39. The Morgan fingerprint density at radius 1 is 1.24 bits per heavy atom. The first kappa shape index (κ1) is 14.7. The number of fused-ring (bicyclic) bond motifs is 1. The topological polar surface area (TPSA) is 36.9 Å². The van der Waals surface area contributed by atoms with Gasteiger partial charge in [0, 0.05) is 0 Å². The summed E-state index contributed by atoms with van der Waals surface area (Å²) in [7, 11) is 0. The van der Waals surface area contributed by atoms with Crippen molar-refractivity contribution in [2.75, 3.05) is 0 Å². The van der Waals surface area contributed by atoms with Crippen LogP contribution in [0.4, 0.5) is 0 Å². The summed E-state index contributed by atoms with van der Waals surface area (Å²) in [5.41, 5.74) is 1.14. The van der Waals surface area contributed by atoms with Crippen molar-refractivity contribution in [2.45, 2.75) is 57.3 Å². The van der Waals surface area contributed by atoms with Crippen molar-refractivity contribution in [3.8, 4) is 0 Å². The third-order valence-electron chi connectivity index (χ3n) is 3.77. The van der Waals surface area contributed by atoms with Crippen molar-refractivity contribution in [3.63, 3.8) is 0 Å². The molecule has 1 unspecified atom stereocenters. The molecule has 0 bridgehead atoms. The Labute approximate surface area is 125 Å². The van der Waals surface area contributed by atoms with Gasteiger partial charge in [0.1, 0.15) is 12.2 Å². The van der Waals surface area contributed by atoms with Gasteiger partial charge in [-0.1, -0.05) is 36.4 Å². The van der Waals surface area contributed by atoms with Gasteiger partial charge in [-0.25, -0.2) is 0 Å². The van der Waals surface area contributed by atoms with E-state index in [0.717, 1.165) is 12.0 Å². The maximum atomic E-state index is 6.08. The molecular weight excluding hydrogens is 268 g/mol. The van der Waals surface area contributed by atoms with Crippen LogP contribution in [-0.4, -0.2) is 30.4 Å². The summed E-state index contributed by atoms with van der Waals surface area (Å²) in [6.45, 7) is 8.11. The molecule has 2 aliphatic rings. The second-order valence-corrected chi connectivity index (χ2v) is 5.93. The Hall–Kier alpha value is -1.20. The van der Waals surface area contributed by atoms with E-state index in [2.05, 4.69) is 6.58 Å². The van der Waals surface area contributed by atoms with Crippen LogP contribution in [0, 0.1) is 0 Å². The fraction of sp³-hybridized carbons (Fsp3) is 0.529. The van der Waals surface area contributed by atoms with Crippen LogP contribution < -0.4 is 0 Å². The van der Waals surface area contributed by atoms with Crippen LogP contribution in [0.1, 0.15) is 25.8 Å². The molecule has 114 valence electrons. The summed E-state index contributed by atoms with van der Waals surface area (Å²) >= 11 is 0. The molecule has 0 amide bonds. The zero-order chi connectivity index (χ0) is 14.9. The minimum Gasteiger partial charge on any atom is -0.368 e. The Morgan fingerprint density at radius 2 is 2.00 bits per heavy atom. The lowest BCUT2D eigenvalue weighted by atomic mass is 10.1. The standard InChI is InChI=1S/C17H22O4/c1-4-8-13-14(18-11-12-9-6-5-7-10-12)15-16(19-13)21-17(2,3)20-15/h4-7,9-10,13-16H,1,8,11H2,2-3H3/t13?,14-,15+,16+/m0/s1. The Bertz CT molecular complexity index is 485. The predicted molar refractivity (Wildman–Crippen MR) is 78.5 cm³/mol. The molecule has 2 saturated heterocycles. The molecule has 0 radical (unpaired) electrons. The van der Waals surface area contributed by atoms with Gasteiger partial charge in [0.25, 0.3) is 0 Å². The highest BCUT2D eigenvalue weighted by atomic mass is 16.8. The molecule has 4 atom stereocenters. The molecular formula is C17H22O4. The maximum Gasteiger partial charge on any atom is 0.190 e. The van der Waals surface area contributed by atoms with Crippen molar-refractivity contribution in [1.29, 1.82) is 0 Å². The third kappa shape index (κ3) is 3.19. The average molecular weight is 290 g/mol. The van der Waals surface area contributed by atoms with Gasteiger partial charge in [-0.15, -0.1) is 6.58 Å². The molecule has 1 aromatic rings. The lowest BCUT2D eigenvalue weighted by molar-refractivity contribution is -0.218. The van der Waals surface area contributed by atoms with Crippen molar-refractivity contribution < 1.29 is 18.9 Å². The highest BCUT2D eigenvalue weighted by molar-refractivity contribution is 5.13. The van der Waals surface area contributed by atoms with Crippen molar-refractivity contribution in [2.24, 2.45) is 0 Å². The van der Waals surface area contributed by atoms with E-state index in [1.165, 1.54) is 0 Å². The van der Waals surface area contributed by atoms with Crippen molar-refractivity contribution >= 4 is 0 Å². The molecule has 0 aliphatic carbocycles. The Kier molecular flexibility index (Phi) is 4.13. The zero-order valence-electron chi connectivity index (χ0n) is 12.5. The molecule has 0 aromatic heterocycles. The first-order chi connectivity index (χ1) is 10.1. The Balaban J connectivity index is 1.68. The summed E-state index contributed by atoms with van der Waals surface area (Å²) in [6, 6.07) is 10.1. The molecule has 2 aliphatic heterocycles. The van der Waals surface area contributed by atoms with E-state index in [-0.39, 0.29) is 24.6 Å². The van der Waals surface area contributed by atoms with E-state index < -0.39 is 5.79 Å². The van der Waals surface area contributed by atoms with E-state index in [9.17, 15) is 0 Å². The van der Waals surface area contributed by atoms with E-state index in [1.54, 1.807) is 0 Å². The van der Waals surface area contributed by atoms with E-state index >= 15 is 0 Å². The Morgan fingerprint density at radius 3 is 2.71 bits per heavy atom. The molecule has 4 heteroatoms. The summed E-state index contributed by atoms with van der Waals surface area (Å²) in [6.07, 6.45) is 1.81. The molecule has 0 N–H and O–H groups in total. The fourth-order valence-corrected chi connectivity index (χ4v) is 2.87. The van der Waals surface area contributed by atoms with Crippen LogP contribution in [0.5, 0.6) is 0 Å². The molecule has 3 rings (SSSR count). The van der Waals surface area contributed by atoms with E-state index in [4.69, 9.17) is 18.9 Å². The molecule has 0 saturated carbocycles. The van der Waals surface area contributed by atoms with Crippen LogP contribution in [0.2, 0.25) is 0 Å². The van der Waals surface area contributed by atoms with Crippen LogP contribution in [-0.2, 0) is 25.6 Å².